The van der Waals surface area contributed by atoms with E-state index in [2.05, 4.69) is 0 Å². The molecular formula is C9H7N3O2. The first kappa shape index (κ1) is 9.74. The SMILES string of the molecule is N#Cc1cccc(C(=O)NC(N)=O)c1. The molecule has 0 bridgehead atoms. The summed E-state index contributed by atoms with van der Waals surface area (Å²) >= 11 is 0. The number of nitrogens with two attached hydrogens (primary N) is 1. The second-order valence-electron chi connectivity index (χ2n) is 2.51. The van der Waals surface area contributed by atoms with Crippen LogP contribution in [0.4, 0.5) is 4.79 Å². The summed E-state index contributed by atoms with van der Waals surface area (Å²) in [5.74, 6) is -0.616. The van der Waals surface area contributed by atoms with Crippen molar-refractivity contribution in [3.8, 4) is 6.07 Å². The third kappa shape index (κ3) is 2.32. The first-order chi connectivity index (χ1) is 6.63. The maximum Gasteiger partial charge on any atom is 0.319 e. The highest BCUT2D eigenvalue weighted by Crippen LogP contribution is 2.03. The minimum atomic E-state index is -0.919. The number of urea groups is 1. The molecule has 0 aliphatic carbocycles. The number of primary amides is 1. The van der Waals surface area contributed by atoms with Crippen molar-refractivity contribution in [2.45, 2.75) is 0 Å². The Kier molecular flexibility index (Phi) is 2.82. The van der Waals surface area contributed by atoms with Gasteiger partial charge in [0.15, 0.2) is 0 Å². The zero-order valence-corrected chi connectivity index (χ0v) is 7.15. The third-order valence-electron chi connectivity index (χ3n) is 1.49. The molecular weight excluding hydrogens is 182 g/mol. The maximum absolute atomic E-state index is 11.2. The summed E-state index contributed by atoms with van der Waals surface area (Å²) in [5, 5.41) is 10.5. The van der Waals surface area contributed by atoms with Gasteiger partial charge in [-0.25, -0.2) is 4.79 Å². The van der Waals surface area contributed by atoms with Crippen LogP contribution < -0.4 is 11.1 Å². The number of rotatable bonds is 1. The van der Waals surface area contributed by atoms with Gasteiger partial charge < -0.3 is 5.73 Å². The lowest BCUT2D eigenvalue weighted by Gasteiger charge is -2.00. The van der Waals surface area contributed by atoms with E-state index in [-0.39, 0.29) is 5.56 Å². The Bertz CT molecular complexity index is 420. The Balaban J connectivity index is 2.91. The molecule has 0 aromatic heterocycles. The smallest absolute Gasteiger partial charge is 0.319 e. The zero-order valence-electron chi connectivity index (χ0n) is 7.15. The predicted molar refractivity (Wildman–Crippen MR) is 48.2 cm³/mol. The van der Waals surface area contributed by atoms with E-state index in [1.54, 1.807) is 12.1 Å². The highest BCUT2D eigenvalue weighted by molar-refractivity contribution is 6.03. The maximum atomic E-state index is 11.2. The first-order valence-electron chi connectivity index (χ1n) is 3.74. The Labute approximate surface area is 80.1 Å². The van der Waals surface area contributed by atoms with Gasteiger partial charge in [0.1, 0.15) is 0 Å². The molecule has 0 radical (unpaired) electrons. The largest absolute Gasteiger partial charge is 0.351 e. The normalized spacial score (nSPS) is 8.79. The molecule has 0 saturated carbocycles. The number of nitrogens with one attached hydrogen (secondary N) is 1. The van der Waals surface area contributed by atoms with E-state index in [1.807, 2.05) is 11.4 Å². The van der Waals surface area contributed by atoms with Gasteiger partial charge in [-0.05, 0) is 18.2 Å². The number of benzene rings is 1. The van der Waals surface area contributed by atoms with E-state index < -0.39 is 11.9 Å². The van der Waals surface area contributed by atoms with Gasteiger partial charge in [-0.15, -0.1) is 0 Å². The average molecular weight is 189 g/mol. The number of nitrogens with zero attached hydrogens (tertiary/aromatic N) is 1. The number of nitriles is 1. The van der Waals surface area contributed by atoms with Gasteiger partial charge in [0, 0.05) is 5.56 Å². The first-order valence-corrected chi connectivity index (χ1v) is 3.74. The second kappa shape index (κ2) is 4.05. The van der Waals surface area contributed by atoms with Crippen molar-refractivity contribution in [1.82, 2.24) is 5.32 Å². The molecule has 1 aromatic rings. The van der Waals surface area contributed by atoms with Gasteiger partial charge in [-0.3, -0.25) is 10.1 Å². The van der Waals surface area contributed by atoms with E-state index in [9.17, 15) is 9.59 Å². The fourth-order valence-corrected chi connectivity index (χ4v) is 0.914. The van der Waals surface area contributed by atoms with Gasteiger partial charge in [0.25, 0.3) is 5.91 Å². The zero-order chi connectivity index (χ0) is 10.6. The molecule has 0 saturated heterocycles. The molecule has 0 spiro atoms. The number of carbonyl (C=O) groups excluding carboxylic acids is 2. The third-order valence-corrected chi connectivity index (χ3v) is 1.49. The van der Waals surface area contributed by atoms with Crippen LogP contribution in [0.2, 0.25) is 0 Å². The number of amides is 3. The Morgan fingerprint density at radius 3 is 2.71 bits per heavy atom. The quantitative estimate of drug-likeness (QED) is 0.667. The molecule has 70 valence electrons. The number of imide groups is 1. The van der Waals surface area contributed by atoms with Crippen LogP contribution in [-0.2, 0) is 0 Å². The summed E-state index contributed by atoms with van der Waals surface area (Å²) in [4.78, 5) is 21.6. The summed E-state index contributed by atoms with van der Waals surface area (Å²) < 4.78 is 0. The Hall–Kier alpha value is -2.35. The lowest BCUT2D eigenvalue weighted by Crippen LogP contribution is -2.34. The van der Waals surface area contributed by atoms with Crippen molar-refractivity contribution in [2.24, 2.45) is 5.73 Å². The van der Waals surface area contributed by atoms with Crippen molar-refractivity contribution in [3.63, 3.8) is 0 Å². The molecule has 0 atom stereocenters. The standard InChI is InChI=1S/C9H7N3O2/c10-5-6-2-1-3-7(4-6)8(13)12-9(11)14/h1-4H,(H3,11,12,13,14). The number of hydrogen-bond donors (Lipinski definition) is 2. The van der Waals surface area contributed by atoms with E-state index >= 15 is 0 Å². The van der Waals surface area contributed by atoms with Gasteiger partial charge in [0.2, 0.25) is 0 Å². The van der Waals surface area contributed by atoms with Crippen molar-refractivity contribution >= 4 is 11.9 Å². The molecule has 1 rings (SSSR count). The molecule has 3 N–H and O–H groups in total. The Morgan fingerprint density at radius 2 is 2.14 bits per heavy atom. The molecule has 0 fully saturated rings. The lowest BCUT2D eigenvalue weighted by molar-refractivity contribution is 0.0966. The molecule has 5 heteroatoms. The summed E-state index contributed by atoms with van der Waals surface area (Å²) in [5.41, 5.74) is 5.34. The van der Waals surface area contributed by atoms with Crippen LogP contribution in [0, 0.1) is 11.3 Å². The van der Waals surface area contributed by atoms with Crippen molar-refractivity contribution in [3.05, 3.63) is 35.4 Å². The predicted octanol–water partition coefficient (Wildman–Crippen LogP) is 0.367. The molecule has 0 heterocycles. The molecule has 0 unspecified atom stereocenters. The van der Waals surface area contributed by atoms with Crippen LogP contribution in [0.15, 0.2) is 24.3 Å². The van der Waals surface area contributed by atoms with E-state index in [1.165, 1.54) is 12.1 Å². The van der Waals surface area contributed by atoms with E-state index in [0.717, 1.165) is 0 Å². The topological polar surface area (TPSA) is 96.0 Å². The fraction of sp³-hybridized carbons (Fsp3) is 0. The average Bonchev–Trinajstić information content (AvgIpc) is 2.17. The van der Waals surface area contributed by atoms with Gasteiger partial charge in [0.05, 0.1) is 11.6 Å². The van der Waals surface area contributed by atoms with E-state index in [4.69, 9.17) is 11.0 Å². The molecule has 0 aliphatic rings. The minimum Gasteiger partial charge on any atom is -0.351 e. The summed E-state index contributed by atoms with van der Waals surface area (Å²) in [6, 6.07) is 6.93. The molecule has 1 aromatic carbocycles. The van der Waals surface area contributed by atoms with Crippen LogP contribution >= 0.6 is 0 Å². The van der Waals surface area contributed by atoms with Gasteiger partial charge >= 0.3 is 6.03 Å². The summed E-state index contributed by atoms with van der Waals surface area (Å²) in [7, 11) is 0. The van der Waals surface area contributed by atoms with Crippen LogP contribution in [0.3, 0.4) is 0 Å². The Morgan fingerprint density at radius 1 is 1.43 bits per heavy atom. The second-order valence-corrected chi connectivity index (χ2v) is 2.51. The highest BCUT2D eigenvalue weighted by atomic mass is 16.2. The summed E-state index contributed by atoms with van der Waals surface area (Å²) in [6.45, 7) is 0. The monoisotopic (exact) mass is 189 g/mol. The fourth-order valence-electron chi connectivity index (χ4n) is 0.914. The van der Waals surface area contributed by atoms with Crippen LogP contribution in [0.25, 0.3) is 0 Å². The van der Waals surface area contributed by atoms with Gasteiger partial charge in [-0.1, -0.05) is 6.07 Å². The van der Waals surface area contributed by atoms with Crippen molar-refractivity contribution in [2.75, 3.05) is 0 Å². The van der Waals surface area contributed by atoms with Crippen molar-refractivity contribution in [1.29, 1.82) is 5.26 Å². The lowest BCUT2D eigenvalue weighted by atomic mass is 10.1. The van der Waals surface area contributed by atoms with Crippen LogP contribution in [0.1, 0.15) is 15.9 Å². The van der Waals surface area contributed by atoms with Crippen LogP contribution in [0.5, 0.6) is 0 Å². The minimum absolute atomic E-state index is 0.225. The molecule has 3 amide bonds. The molecule has 5 nitrogen and oxygen atoms in total. The molecule has 0 aliphatic heterocycles. The number of hydrogen-bond acceptors (Lipinski definition) is 3. The summed E-state index contributed by atoms with van der Waals surface area (Å²) in [6.07, 6.45) is 0. The number of carbonyl (C=O) groups is 2. The van der Waals surface area contributed by atoms with E-state index in [0.29, 0.717) is 5.56 Å². The van der Waals surface area contributed by atoms with Crippen molar-refractivity contribution < 1.29 is 9.59 Å². The van der Waals surface area contributed by atoms with Gasteiger partial charge in [-0.2, -0.15) is 5.26 Å². The molecule has 14 heavy (non-hydrogen) atoms. The van der Waals surface area contributed by atoms with Crippen LogP contribution in [-0.4, -0.2) is 11.9 Å². The highest BCUT2D eigenvalue weighted by Gasteiger charge is 2.07.